The van der Waals surface area contributed by atoms with E-state index in [0.717, 1.165) is 11.1 Å². The highest BCUT2D eigenvalue weighted by Gasteiger charge is 2.20. The van der Waals surface area contributed by atoms with Crippen LogP contribution < -0.4 is 20.5 Å². The first-order valence-electron chi connectivity index (χ1n) is 8.68. The molecular formula is C20H27N3O3. The van der Waals surface area contributed by atoms with Gasteiger partial charge in [0.25, 0.3) is 0 Å². The molecule has 0 saturated heterocycles. The molecule has 0 aliphatic carbocycles. The molecule has 0 aliphatic heterocycles. The van der Waals surface area contributed by atoms with Gasteiger partial charge in [0, 0.05) is 12.4 Å². The maximum Gasteiger partial charge on any atom is 0.237 e. The number of carbonyl (C=O) groups is 1. The standard InChI is InChI=1S/C20H27N3O3/c1-13(2)19(21)20(24)23-14(3)16-5-6-17(18(11-16)25-4)26-12-15-7-9-22-10-8-15/h5-11,13-14,19H,12,21H2,1-4H3,(H,23,24)/t14?,19-/m0/s1. The fourth-order valence-corrected chi connectivity index (χ4v) is 2.41. The quantitative estimate of drug-likeness (QED) is 0.759. The Labute approximate surface area is 154 Å². The maximum atomic E-state index is 12.2. The molecule has 140 valence electrons. The Morgan fingerprint density at radius 1 is 1.15 bits per heavy atom. The lowest BCUT2D eigenvalue weighted by molar-refractivity contribution is -0.123. The van der Waals surface area contributed by atoms with Gasteiger partial charge < -0.3 is 20.5 Å². The summed E-state index contributed by atoms with van der Waals surface area (Å²) in [6, 6.07) is 8.72. The number of aromatic nitrogens is 1. The predicted molar refractivity (Wildman–Crippen MR) is 101 cm³/mol. The van der Waals surface area contributed by atoms with Gasteiger partial charge in [-0.1, -0.05) is 19.9 Å². The van der Waals surface area contributed by atoms with Crippen LogP contribution in [0.2, 0.25) is 0 Å². The molecule has 0 bridgehead atoms. The maximum absolute atomic E-state index is 12.2. The van der Waals surface area contributed by atoms with Crippen LogP contribution in [0.15, 0.2) is 42.7 Å². The first-order chi connectivity index (χ1) is 12.4. The third-order valence-corrected chi connectivity index (χ3v) is 4.21. The lowest BCUT2D eigenvalue weighted by Crippen LogP contribution is -2.44. The first kappa shape index (κ1) is 19.7. The molecule has 1 aromatic carbocycles. The first-order valence-corrected chi connectivity index (χ1v) is 8.68. The Hall–Kier alpha value is -2.60. The van der Waals surface area contributed by atoms with Gasteiger partial charge in [0.15, 0.2) is 11.5 Å². The third kappa shape index (κ3) is 5.20. The number of amides is 1. The van der Waals surface area contributed by atoms with Crippen LogP contribution in [0.5, 0.6) is 11.5 Å². The Kier molecular flexibility index (Phi) is 6.97. The molecule has 0 aliphatic rings. The van der Waals surface area contributed by atoms with E-state index in [1.807, 2.05) is 51.1 Å². The van der Waals surface area contributed by atoms with Crippen molar-refractivity contribution in [3.8, 4) is 11.5 Å². The van der Waals surface area contributed by atoms with Crippen LogP contribution in [0.1, 0.15) is 37.9 Å². The van der Waals surface area contributed by atoms with Gasteiger partial charge in [-0.15, -0.1) is 0 Å². The fraction of sp³-hybridized carbons (Fsp3) is 0.400. The summed E-state index contributed by atoms with van der Waals surface area (Å²) in [5.41, 5.74) is 7.84. The topological polar surface area (TPSA) is 86.5 Å². The van der Waals surface area contributed by atoms with E-state index in [1.165, 1.54) is 0 Å². The van der Waals surface area contributed by atoms with Crippen LogP contribution in [0.4, 0.5) is 0 Å². The second-order valence-corrected chi connectivity index (χ2v) is 6.55. The zero-order valence-corrected chi connectivity index (χ0v) is 15.7. The van der Waals surface area contributed by atoms with Crippen molar-refractivity contribution in [3.05, 3.63) is 53.9 Å². The van der Waals surface area contributed by atoms with Gasteiger partial charge in [-0.2, -0.15) is 0 Å². The number of carbonyl (C=O) groups excluding carboxylic acids is 1. The lowest BCUT2D eigenvalue weighted by Gasteiger charge is -2.21. The zero-order valence-electron chi connectivity index (χ0n) is 15.7. The zero-order chi connectivity index (χ0) is 19.1. The van der Waals surface area contributed by atoms with E-state index < -0.39 is 6.04 Å². The van der Waals surface area contributed by atoms with Crippen molar-refractivity contribution < 1.29 is 14.3 Å². The Balaban J connectivity index is 2.06. The molecule has 1 aromatic heterocycles. The van der Waals surface area contributed by atoms with Crippen molar-refractivity contribution in [2.75, 3.05) is 7.11 Å². The minimum Gasteiger partial charge on any atom is -0.493 e. The van der Waals surface area contributed by atoms with Crippen molar-refractivity contribution >= 4 is 5.91 Å². The van der Waals surface area contributed by atoms with Crippen LogP contribution in [-0.4, -0.2) is 24.0 Å². The summed E-state index contributed by atoms with van der Waals surface area (Å²) in [5, 5.41) is 2.94. The number of benzene rings is 1. The molecule has 1 amide bonds. The molecular weight excluding hydrogens is 330 g/mol. The summed E-state index contributed by atoms with van der Waals surface area (Å²) < 4.78 is 11.3. The number of methoxy groups -OCH3 is 1. The number of nitrogens with two attached hydrogens (primary N) is 1. The van der Waals surface area contributed by atoms with E-state index in [9.17, 15) is 4.79 Å². The average molecular weight is 357 g/mol. The summed E-state index contributed by atoms with van der Waals surface area (Å²) in [4.78, 5) is 16.1. The van der Waals surface area contributed by atoms with Crippen molar-refractivity contribution in [1.29, 1.82) is 0 Å². The van der Waals surface area contributed by atoms with Gasteiger partial charge in [0.1, 0.15) is 6.61 Å². The summed E-state index contributed by atoms with van der Waals surface area (Å²) >= 11 is 0. The van der Waals surface area contributed by atoms with Gasteiger partial charge in [-0.25, -0.2) is 0 Å². The monoisotopic (exact) mass is 357 g/mol. The number of ether oxygens (including phenoxy) is 2. The second-order valence-electron chi connectivity index (χ2n) is 6.55. The average Bonchev–Trinajstić information content (AvgIpc) is 2.66. The second kappa shape index (κ2) is 9.20. The number of pyridine rings is 1. The van der Waals surface area contributed by atoms with Crippen LogP contribution in [0.25, 0.3) is 0 Å². The number of hydrogen-bond acceptors (Lipinski definition) is 5. The van der Waals surface area contributed by atoms with E-state index in [0.29, 0.717) is 18.1 Å². The number of nitrogens with zero attached hydrogens (tertiary/aromatic N) is 1. The smallest absolute Gasteiger partial charge is 0.237 e. The minimum atomic E-state index is -0.526. The summed E-state index contributed by atoms with van der Waals surface area (Å²) in [7, 11) is 1.59. The number of hydrogen-bond donors (Lipinski definition) is 2. The molecule has 2 aromatic rings. The van der Waals surface area contributed by atoms with Gasteiger partial charge in [0.2, 0.25) is 5.91 Å². The molecule has 6 nitrogen and oxygen atoms in total. The Bertz CT molecular complexity index is 719. The fourth-order valence-electron chi connectivity index (χ4n) is 2.41. The van der Waals surface area contributed by atoms with Crippen molar-refractivity contribution in [2.45, 2.75) is 39.5 Å². The van der Waals surface area contributed by atoms with Gasteiger partial charge in [-0.3, -0.25) is 9.78 Å². The molecule has 0 radical (unpaired) electrons. The molecule has 6 heteroatoms. The van der Waals surface area contributed by atoms with E-state index in [1.54, 1.807) is 19.5 Å². The van der Waals surface area contributed by atoms with Gasteiger partial charge in [0.05, 0.1) is 19.2 Å². The van der Waals surface area contributed by atoms with E-state index >= 15 is 0 Å². The highest BCUT2D eigenvalue weighted by Crippen LogP contribution is 2.31. The van der Waals surface area contributed by atoms with Crippen LogP contribution in [0, 0.1) is 5.92 Å². The van der Waals surface area contributed by atoms with Crippen molar-refractivity contribution in [3.63, 3.8) is 0 Å². The molecule has 1 heterocycles. The number of rotatable bonds is 8. The molecule has 2 rings (SSSR count). The van der Waals surface area contributed by atoms with E-state index in [2.05, 4.69) is 10.3 Å². The Morgan fingerprint density at radius 3 is 2.46 bits per heavy atom. The molecule has 2 atom stereocenters. The summed E-state index contributed by atoms with van der Waals surface area (Å²) in [6.45, 7) is 6.19. The number of nitrogens with one attached hydrogen (secondary N) is 1. The van der Waals surface area contributed by atoms with Gasteiger partial charge in [-0.05, 0) is 48.2 Å². The third-order valence-electron chi connectivity index (χ3n) is 4.21. The molecule has 1 unspecified atom stereocenters. The van der Waals surface area contributed by atoms with Gasteiger partial charge >= 0.3 is 0 Å². The highest BCUT2D eigenvalue weighted by molar-refractivity contribution is 5.82. The largest absolute Gasteiger partial charge is 0.493 e. The lowest BCUT2D eigenvalue weighted by atomic mass is 10.0. The summed E-state index contributed by atoms with van der Waals surface area (Å²) in [5.74, 6) is 1.18. The predicted octanol–water partition coefficient (Wildman–Crippen LogP) is 2.83. The molecule has 0 saturated carbocycles. The van der Waals surface area contributed by atoms with E-state index in [-0.39, 0.29) is 17.9 Å². The molecule has 3 N–H and O–H groups in total. The summed E-state index contributed by atoms with van der Waals surface area (Å²) in [6.07, 6.45) is 3.45. The SMILES string of the molecule is COc1cc(C(C)NC(=O)[C@@H](N)C(C)C)ccc1OCc1ccncc1. The highest BCUT2D eigenvalue weighted by atomic mass is 16.5. The normalized spacial score (nSPS) is 13.2. The minimum absolute atomic E-state index is 0.0840. The van der Waals surface area contributed by atoms with Crippen LogP contribution in [-0.2, 0) is 11.4 Å². The van der Waals surface area contributed by atoms with E-state index in [4.69, 9.17) is 15.2 Å². The molecule has 26 heavy (non-hydrogen) atoms. The van der Waals surface area contributed by atoms with Crippen molar-refractivity contribution in [1.82, 2.24) is 10.3 Å². The van der Waals surface area contributed by atoms with Crippen LogP contribution >= 0.6 is 0 Å². The van der Waals surface area contributed by atoms with Crippen molar-refractivity contribution in [2.24, 2.45) is 11.7 Å². The molecule has 0 fully saturated rings. The Morgan fingerprint density at radius 2 is 1.85 bits per heavy atom. The molecule has 0 spiro atoms. The van der Waals surface area contributed by atoms with Crippen LogP contribution in [0.3, 0.4) is 0 Å².